The van der Waals surface area contributed by atoms with E-state index in [-0.39, 0.29) is 5.69 Å². The standard InChI is InChI=1S/C19H16BrN3O2/c1-12-10-14(8-9-16(12)20)21-19(25)18-17(24)11-13(2)23(22-18)15-6-4-3-5-7-15/h3-11H,1-2H3,(H,21,25). The van der Waals surface area contributed by atoms with Crippen molar-refractivity contribution in [3.63, 3.8) is 0 Å². The van der Waals surface area contributed by atoms with Gasteiger partial charge in [-0.2, -0.15) is 5.10 Å². The molecule has 0 saturated heterocycles. The Morgan fingerprint density at radius 2 is 1.80 bits per heavy atom. The third-order valence-electron chi connectivity index (χ3n) is 3.74. The molecular weight excluding hydrogens is 382 g/mol. The maximum Gasteiger partial charge on any atom is 0.280 e. The van der Waals surface area contributed by atoms with Crippen LogP contribution >= 0.6 is 15.9 Å². The molecule has 0 unspecified atom stereocenters. The van der Waals surface area contributed by atoms with E-state index in [0.29, 0.717) is 11.4 Å². The van der Waals surface area contributed by atoms with E-state index in [1.165, 1.54) is 6.07 Å². The zero-order valence-corrected chi connectivity index (χ0v) is 15.4. The molecule has 3 rings (SSSR count). The molecule has 0 fully saturated rings. The lowest BCUT2D eigenvalue weighted by molar-refractivity contribution is 0.101. The van der Waals surface area contributed by atoms with E-state index in [2.05, 4.69) is 26.3 Å². The first-order valence-electron chi connectivity index (χ1n) is 7.69. The summed E-state index contributed by atoms with van der Waals surface area (Å²) in [6.07, 6.45) is 0. The van der Waals surface area contributed by atoms with E-state index >= 15 is 0 Å². The number of carbonyl (C=O) groups excluding carboxylic acids is 1. The number of hydrogen-bond acceptors (Lipinski definition) is 3. The van der Waals surface area contributed by atoms with Crippen molar-refractivity contribution in [2.45, 2.75) is 13.8 Å². The van der Waals surface area contributed by atoms with Gasteiger partial charge in [-0.05, 0) is 49.7 Å². The number of hydrogen-bond donors (Lipinski definition) is 1. The van der Waals surface area contributed by atoms with Gasteiger partial charge >= 0.3 is 0 Å². The first-order chi connectivity index (χ1) is 12.0. The minimum absolute atomic E-state index is 0.143. The SMILES string of the molecule is Cc1cc(NC(=O)c2nn(-c3ccccc3)c(C)cc2=O)ccc1Br. The Balaban J connectivity index is 1.97. The van der Waals surface area contributed by atoms with Crippen molar-refractivity contribution in [2.24, 2.45) is 0 Å². The molecular formula is C19H16BrN3O2. The third-order valence-corrected chi connectivity index (χ3v) is 4.63. The zero-order chi connectivity index (χ0) is 18.0. The van der Waals surface area contributed by atoms with Crippen molar-refractivity contribution >= 4 is 27.5 Å². The molecule has 0 saturated carbocycles. The van der Waals surface area contributed by atoms with Gasteiger partial charge in [0, 0.05) is 21.9 Å². The normalized spacial score (nSPS) is 10.5. The summed E-state index contributed by atoms with van der Waals surface area (Å²) in [5, 5.41) is 6.99. The van der Waals surface area contributed by atoms with Gasteiger partial charge in [0.2, 0.25) is 5.43 Å². The zero-order valence-electron chi connectivity index (χ0n) is 13.8. The highest BCUT2D eigenvalue weighted by Crippen LogP contribution is 2.20. The first kappa shape index (κ1) is 17.1. The number of nitrogens with zero attached hydrogens (tertiary/aromatic N) is 2. The van der Waals surface area contributed by atoms with Gasteiger partial charge in [0.25, 0.3) is 5.91 Å². The highest BCUT2D eigenvalue weighted by atomic mass is 79.9. The molecule has 0 radical (unpaired) electrons. The molecule has 0 aliphatic carbocycles. The van der Waals surface area contributed by atoms with Crippen molar-refractivity contribution in [3.8, 4) is 5.69 Å². The summed E-state index contributed by atoms with van der Waals surface area (Å²) >= 11 is 3.42. The lowest BCUT2D eigenvalue weighted by Gasteiger charge is -2.11. The van der Waals surface area contributed by atoms with Crippen molar-refractivity contribution in [1.82, 2.24) is 9.78 Å². The van der Waals surface area contributed by atoms with E-state index in [4.69, 9.17) is 0 Å². The highest BCUT2D eigenvalue weighted by Gasteiger charge is 2.15. The number of benzene rings is 2. The fraction of sp³-hybridized carbons (Fsp3) is 0.105. The summed E-state index contributed by atoms with van der Waals surface area (Å²) < 4.78 is 2.54. The van der Waals surface area contributed by atoms with E-state index < -0.39 is 11.3 Å². The predicted molar refractivity (Wildman–Crippen MR) is 101 cm³/mol. The second-order valence-corrected chi connectivity index (χ2v) is 6.52. The van der Waals surface area contributed by atoms with Crippen molar-refractivity contribution < 1.29 is 4.79 Å². The largest absolute Gasteiger partial charge is 0.320 e. The van der Waals surface area contributed by atoms with Gasteiger partial charge in [-0.1, -0.05) is 34.1 Å². The predicted octanol–water partition coefficient (Wildman–Crippen LogP) is 3.86. The Morgan fingerprint density at radius 1 is 1.08 bits per heavy atom. The number of aryl methyl sites for hydroxylation is 2. The molecule has 0 spiro atoms. The lowest BCUT2D eigenvalue weighted by atomic mass is 10.2. The van der Waals surface area contributed by atoms with Crippen molar-refractivity contribution in [1.29, 1.82) is 0 Å². The Bertz CT molecular complexity index is 997. The topological polar surface area (TPSA) is 64.0 Å². The van der Waals surface area contributed by atoms with Gasteiger partial charge in [-0.15, -0.1) is 0 Å². The molecule has 0 atom stereocenters. The number of amides is 1. The number of halogens is 1. The van der Waals surface area contributed by atoms with Crippen LogP contribution in [0.2, 0.25) is 0 Å². The average molecular weight is 398 g/mol. The monoisotopic (exact) mass is 397 g/mol. The van der Waals surface area contributed by atoms with Crippen LogP contribution < -0.4 is 10.7 Å². The molecule has 0 bridgehead atoms. The fourth-order valence-electron chi connectivity index (χ4n) is 2.45. The Labute approximate surface area is 153 Å². The van der Waals surface area contributed by atoms with Gasteiger partial charge < -0.3 is 5.32 Å². The summed E-state index contributed by atoms with van der Waals surface area (Å²) in [5.41, 5.74) is 2.49. The molecule has 0 aliphatic heterocycles. The molecule has 6 heteroatoms. The maximum absolute atomic E-state index is 12.5. The van der Waals surface area contributed by atoms with Crippen LogP contribution in [0.3, 0.4) is 0 Å². The van der Waals surface area contributed by atoms with Gasteiger partial charge in [0.15, 0.2) is 5.69 Å². The van der Waals surface area contributed by atoms with Crippen molar-refractivity contribution in [2.75, 3.05) is 5.32 Å². The second-order valence-electron chi connectivity index (χ2n) is 5.66. The minimum atomic E-state index is -0.531. The first-order valence-corrected chi connectivity index (χ1v) is 8.49. The van der Waals surface area contributed by atoms with E-state index in [1.54, 1.807) is 17.7 Å². The number of rotatable bonds is 3. The van der Waals surface area contributed by atoms with Crippen LogP contribution in [0.5, 0.6) is 0 Å². The summed E-state index contributed by atoms with van der Waals surface area (Å²) in [6.45, 7) is 3.70. The molecule has 0 aliphatic rings. The third kappa shape index (κ3) is 3.69. The van der Waals surface area contributed by atoms with Gasteiger partial charge in [-0.3, -0.25) is 9.59 Å². The summed E-state index contributed by atoms with van der Waals surface area (Å²) in [5.74, 6) is -0.531. The number of aromatic nitrogens is 2. The van der Waals surface area contributed by atoms with E-state index in [0.717, 1.165) is 15.7 Å². The van der Waals surface area contributed by atoms with Crippen LogP contribution in [-0.4, -0.2) is 15.7 Å². The quantitative estimate of drug-likeness (QED) is 0.729. The Hall–Kier alpha value is -2.73. The van der Waals surface area contributed by atoms with E-state index in [9.17, 15) is 9.59 Å². The fourth-order valence-corrected chi connectivity index (χ4v) is 2.69. The van der Waals surface area contributed by atoms with Gasteiger partial charge in [0.1, 0.15) is 0 Å². The minimum Gasteiger partial charge on any atom is -0.320 e. The van der Waals surface area contributed by atoms with Crippen molar-refractivity contribution in [3.05, 3.63) is 86.2 Å². The molecule has 1 aromatic heterocycles. The number of carbonyl (C=O) groups is 1. The highest BCUT2D eigenvalue weighted by molar-refractivity contribution is 9.10. The summed E-state index contributed by atoms with van der Waals surface area (Å²) in [6, 6.07) is 16.2. The molecule has 1 N–H and O–H groups in total. The van der Waals surface area contributed by atoms with Gasteiger partial charge in [-0.25, -0.2) is 4.68 Å². The van der Waals surface area contributed by atoms with Gasteiger partial charge in [0.05, 0.1) is 5.69 Å². The van der Waals surface area contributed by atoms with Crippen LogP contribution in [0.15, 0.2) is 63.9 Å². The summed E-state index contributed by atoms with van der Waals surface area (Å²) in [7, 11) is 0. The smallest absolute Gasteiger partial charge is 0.280 e. The molecule has 1 amide bonds. The van der Waals surface area contributed by atoms with Crippen LogP contribution in [0.25, 0.3) is 5.69 Å². The number of para-hydroxylation sites is 1. The Kier molecular flexibility index (Phi) is 4.81. The molecule has 3 aromatic rings. The molecule has 2 aromatic carbocycles. The van der Waals surface area contributed by atoms with Crippen LogP contribution in [0, 0.1) is 13.8 Å². The maximum atomic E-state index is 12.5. The molecule has 5 nitrogen and oxygen atoms in total. The molecule has 1 heterocycles. The number of anilines is 1. The van der Waals surface area contributed by atoms with Crippen LogP contribution in [0.1, 0.15) is 21.7 Å². The average Bonchev–Trinajstić information content (AvgIpc) is 2.59. The lowest BCUT2D eigenvalue weighted by Crippen LogP contribution is -2.26. The summed E-state index contributed by atoms with van der Waals surface area (Å²) in [4.78, 5) is 24.8. The van der Waals surface area contributed by atoms with Crippen LogP contribution in [-0.2, 0) is 0 Å². The van der Waals surface area contributed by atoms with E-state index in [1.807, 2.05) is 49.4 Å². The Morgan fingerprint density at radius 3 is 2.48 bits per heavy atom. The number of nitrogens with one attached hydrogen (secondary N) is 1. The van der Waals surface area contributed by atoms with Crippen LogP contribution in [0.4, 0.5) is 5.69 Å². The second kappa shape index (κ2) is 7.03. The molecule has 126 valence electrons. The molecule has 25 heavy (non-hydrogen) atoms.